The summed E-state index contributed by atoms with van der Waals surface area (Å²) in [6, 6.07) is 7.24. The van der Waals surface area contributed by atoms with E-state index in [-0.39, 0.29) is 5.91 Å². The van der Waals surface area contributed by atoms with Crippen LogP contribution in [-0.4, -0.2) is 29.5 Å². The molecule has 122 valence electrons. The number of methoxy groups -OCH3 is 1. The van der Waals surface area contributed by atoms with Crippen LogP contribution in [0.5, 0.6) is 0 Å². The zero-order chi connectivity index (χ0) is 17.2. The van der Waals surface area contributed by atoms with E-state index >= 15 is 0 Å². The molecular formula is C16H17ClN2O3S. The normalized spacial score (nSPS) is 11.2. The molecular weight excluding hydrogens is 336 g/mol. The Hall–Kier alpha value is -1.92. The summed E-state index contributed by atoms with van der Waals surface area (Å²) in [6.07, 6.45) is 0. The molecule has 1 heterocycles. The number of thiazole rings is 1. The molecule has 0 aliphatic heterocycles. The van der Waals surface area contributed by atoms with E-state index in [4.69, 9.17) is 11.6 Å². The molecule has 0 saturated carbocycles. The lowest BCUT2D eigenvalue weighted by molar-refractivity contribution is -0.146. The van der Waals surface area contributed by atoms with Gasteiger partial charge in [0.25, 0.3) is 5.91 Å². The number of esters is 1. The molecule has 0 bridgehead atoms. The number of benzene rings is 1. The van der Waals surface area contributed by atoms with Crippen molar-refractivity contribution in [1.82, 2.24) is 10.3 Å². The molecule has 23 heavy (non-hydrogen) atoms. The summed E-state index contributed by atoms with van der Waals surface area (Å²) in [7, 11) is 1.28. The Morgan fingerprint density at radius 1 is 1.26 bits per heavy atom. The largest absolute Gasteiger partial charge is 0.467 e. The number of aromatic nitrogens is 1. The Kier molecular flexibility index (Phi) is 5.06. The molecule has 2 aromatic rings. The number of nitrogens with zero attached hydrogens (tertiary/aromatic N) is 1. The number of ether oxygens (including phenoxy) is 1. The topological polar surface area (TPSA) is 68.3 Å². The van der Waals surface area contributed by atoms with Crippen LogP contribution in [0.15, 0.2) is 24.3 Å². The number of hydrogen-bond donors (Lipinski definition) is 1. The summed E-state index contributed by atoms with van der Waals surface area (Å²) in [4.78, 5) is 29.0. The van der Waals surface area contributed by atoms with E-state index < -0.39 is 11.5 Å². The minimum atomic E-state index is -1.11. The van der Waals surface area contributed by atoms with Crippen molar-refractivity contribution in [3.05, 3.63) is 39.9 Å². The smallest absolute Gasteiger partial charge is 0.330 e. The van der Waals surface area contributed by atoms with E-state index in [1.165, 1.54) is 18.4 Å². The van der Waals surface area contributed by atoms with Gasteiger partial charge < -0.3 is 10.1 Å². The first-order valence-corrected chi connectivity index (χ1v) is 8.08. The van der Waals surface area contributed by atoms with Gasteiger partial charge in [0.2, 0.25) is 0 Å². The summed E-state index contributed by atoms with van der Waals surface area (Å²) in [5.41, 5.74) is 0.384. The van der Waals surface area contributed by atoms with Crippen LogP contribution < -0.4 is 5.32 Å². The molecule has 0 unspecified atom stereocenters. The zero-order valence-corrected chi connectivity index (χ0v) is 14.8. The fraction of sp³-hybridized carbons (Fsp3) is 0.312. The quantitative estimate of drug-likeness (QED) is 0.856. The summed E-state index contributed by atoms with van der Waals surface area (Å²) in [6.45, 7) is 4.94. The van der Waals surface area contributed by atoms with Crippen molar-refractivity contribution in [2.75, 3.05) is 7.11 Å². The molecule has 1 N–H and O–H groups in total. The van der Waals surface area contributed by atoms with Gasteiger partial charge in [0, 0.05) is 10.6 Å². The first-order valence-electron chi connectivity index (χ1n) is 6.89. The standard InChI is InChI=1S/C16H17ClN2O3S/c1-9-12(13(20)19-16(2,3)15(21)22-4)23-14(18-9)10-5-7-11(17)8-6-10/h5-8H,1-4H3,(H,19,20). The number of hydrogen-bond acceptors (Lipinski definition) is 5. The predicted octanol–water partition coefficient (Wildman–Crippen LogP) is 3.45. The van der Waals surface area contributed by atoms with Crippen LogP contribution in [0, 0.1) is 6.92 Å². The van der Waals surface area contributed by atoms with Crippen molar-refractivity contribution < 1.29 is 14.3 Å². The summed E-state index contributed by atoms with van der Waals surface area (Å²) >= 11 is 7.15. The maximum absolute atomic E-state index is 12.4. The van der Waals surface area contributed by atoms with Gasteiger partial charge in [-0.2, -0.15) is 0 Å². The van der Waals surface area contributed by atoms with Gasteiger partial charge in [-0.1, -0.05) is 23.7 Å². The van der Waals surface area contributed by atoms with E-state index in [0.717, 1.165) is 10.6 Å². The molecule has 0 spiro atoms. The highest BCUT2D eigenvalue weighted by atomic mass is 35.5. The summed E-state index contributed by atoms with van der Waals surface area (Å²) in [5, 5.41) is 4.03. The van der Waals surface area contributed by atoms with Crippen molar-refractivity contribution in [2.24, 2.45) is 0 Å². The molecule has 0 radical (unpaired) electrons. The number of aryl methyl sites for hydroxylation is 1. The molecule has 1 amide bonds. The number of amides is 1. The first-order chi connectivity index (χ1) is 10.7. The maximum Gasteiger partial charge on any atom is 0.330 e. The first kappa shape index (κ1) is 17.4. The van der Waals surface area contributed by atoms with Crippen LogP contribution in [0.3, 0.4) is 0 Å². The van der Waals surface area contributed by atoms with Crippen LogP contribution in [0.1, 0.15) is 29.2 Å². The number of halogens is 1. The molecule has 0 aliphatic carbocycles. The monoisotopic (exact) mass is 352 g/mol. The van der Waals surface area contributed by atoms with Crippen molar-refractivity contribution in [2.45, 2.75) is 26.3 Å². The van der Waals surface area contributed by atoms with Crippen LogP contribution in [-0.2, 0) is 9.53 Å². The number of rotatable bonds is 4. The number of nitrogens with one attached hydrogen (secondary N) is 1. The molecule has 2 rings (SSSR count). The Bertz CT molecular complexity index is 738. The van der Waals surface area contributed by atoms with Gasteiger partial charge in [-0.3, -0.25) is 4.79 Å². The predicted molar refractivity (Wildman–Crippen MR) is 90.9 cm³/mol. The molecule has 1 aromatic heterocycles. The van der Waals surface area contributed by atoms with Gasteiger partial charge in [0.15, 0.2) is 0 Å². The fourth-order valence-corrected chi connectivity index (χ4v) is 3.06. The summed E-state index contributed by atoms with van der Waals surface area (Å²) in [5.74, 6) is -0.860. The lowest BCUT2D eigenvalue weighted by atomic mass is 10.1. The van der Waals surface area contributed by atoms with E-state index in [1.54, 1.807) is 32.9 Å². The minimum absolute atomic E-state index is 0.351. The SMILES string of the molecule is COC(=O)C(C)(C)NC(=O)c1sc(-c2ccc(Cl)cc2)nc1C. The Labute approximate surface area is 143 Å². The number of carbonyl (C=O) groups excluding carboxylic acids is 2. The molecule has 0 atom stereocenters. The second-order valence-corrected chi connectivity index (χ2v) is 6.95. The third-order valence-electron chi connectivity index (χ3n) is 3.22. The fourth-order valence-electron chi connectivity index (χ4n) is 1.97. The highest BCUT2D eigenvalue weighted by molar-refractivity contribution is 7.17. The van der Waals surface area contributed by atoms with Crippen molar-refractivity contribution in [3.63, 3.8) is 0 Å². The van der Waals surface area contributed by atoms with Gasteiger partial charge in [-0.15, -0.1) is 11.3 Å². The van der Waals surface area contributed by atoms with Crippen molar-refractivity contribution >= 4 is 34.8 Å². The zero-order valence-electron chi connectivity index (χ0n) is 13.3. The second-order valence-electron chi connectivity index (χ2n) is 5.51. The highest BCUT2D eigenvalue weighted by Crippen LogP contribution is 2.29. The van der Waals surface area contributed by atoms with E-state index in [1.807, 2.05) is 12.1 Å². The Morgan fingerprint density at radius 2 is 1.87 bits per heavy atom. The second kappa shape index (κ2) is 6.68. The molecule has 1 aromatic carbocycles. The molecule has 0 aliphatic rings. The van der Waals surface area contributed by atoms with E-state index in [9.17, 15) is 9.59 Å². The molecule has 0 fully saturated rings. The van der Waals surface area contributed by atoms with Gasteiger partial charge in [-0.25, -0.2) is 9.78 Å². The van der Waals surface area contributed by atoms with Crippen molar-refractivity contribution in [3.8, 4) is 10.6 Å². The average molecular weight is 353 g/mol. The van der Waals surface area contributed by atoms with Crippen LogP contribution in [0.4, 0.5) is 0 Å². The van der Waals surface area contributed by atoms with Gasteiger partial charge in [0.1, 0.15) is 15.4 Å². The third kappa shape index (κ3) is 3.89. The summed E-state index contributed by atoms with van der Waals surface area (Å²) < 4.78 is 4.69. The Morgan fingerprint density at radius 3 is 2.43 bits per heavy atom. The molecule has 7 heteroatoms. The maximum atomic E-state index is 12.4. The van der Waals surface area contributed by atoms with E-state index in [0.29, 0.717) is 15.6 Å². The average Bonchev–Trinajstić information content (AvgIpc) is 2.88. The van der Waals surface area contributed by atoms with Gasteiger partial charge in [0.05, 0.1) is 12.8 Å². The highest BCUT2D eigenvalue weighted by Gasteiger charge is 2.32. The Balaban J connectivity index is 2.26. The molecule has 5 nitrogen and oxygen atoms in total. The lowest BCUT2D eigenvalue weighted by Crippen LogP contribution is -2.50. The van der Waals surface area contributed by atoms with Crippen LogP contribution in [0.2, 0.25) is 5.02 Å². The van der Waals surface area contributed by atoms with Crippen molar-refractivity contribution in [1.29, 1.82) is 0 Å². The van der Waals surface area contributed by atoms with Crippen LogP contribution in [0.25, 0.3) is 10.6 Å². The molecule has 0 saturated heterocycles. The lowest BCUT2D eigenvalue weighted by Gasteiger charge is -2.22. The van der Waals surface area contributed by atoms with Gasteiger partial charge in [-0.05, 0) is 32.9 Å². The van der Waals surface area contributed by atoms with Crippen LogP contribution >= 0.6 is 22.9 Å². The number of carbonyl (C=O) groups is 2. The third-order valence-corrected chi connectivity index (χ3v) is 4.67. The van der Waals surface area contributed by atoms with Gasteiger partial charge >= 0.3 is 5.97 Å². The minimum Gasteiger partial charge on any atom is -0.467 e. The van der Waals surface area contributed by atoms with E-state index in [2.05, 4.69) is 15.0 Å².